The van der Waals surface area contributed by atoms with Gasteiger partial charge in [0.1, 0.15) is 0 Å². The maximum Gasteiger partial charge on any atom is 0.274 e. The number of amides is 2. The Morgan fingerprint density at radius 1 is 1.24 bits per heavy atom. The monoisotopic (exact) mass is 360 g/mol. The average molecular weight is 360 g/mol. The van der Waals surface area contributed by atoms with Crippen LogP contribution >= 0.6 is 11.3 Å². The zero-order valence-corrected chi connectivity index (χ0v) is 14.9. The van der Waals surface area contributed by atoms with Crippen molar-refractivity contribution in [2.75, 3.05) is 26.3 Å². The first-order valence-corrected chi connectivity index (χ1v) is 9.28. The molecule has 0 spiro atoms. The minimum atomic E-state index is -0.0627. The Kier molecular flexibility index (Phi) is 4.30. The van der Waals surface area contributed by atoms with Crippen LogP contribution in [0.25, 0.3) is 0 Å². The Balaban J connectivity index is 1.51. The molecule has 8 heteroatoms. The fraction of sp³-hybridized carbons (Fsp3) is 0.471. The van der Waals surface area contributed by atoms with Gasteiger partial charge < -0.3 is 14.5 Å². The van der Waals surface area contributed by atoms with Gasteiger partial charge in [0, 0.05) is 25.7 Å². The number of rotatable bonds is 3. The molecule has 0 unspecified atom stereocenters. The molecule has 2 aliphatic rings. The lowest BCUT2D eigenvalue weighted by Crippen LogP contribution is -2.41. The summed E-state index contributed by atoms with van der Waals surface area (Å²) in [5.41, 5.74) is 3.35. The third kappa shape index (κ3) is 3.07. The van der Waals surface area contributed by atoms with Crippen LogP contribution in [0.2, 0.25) is 0 Å². The van der Waals surface area contributed by atoms with Crippen LogP contribution in [0.1, 0.15) is 27.3 Å². The second kappa shape index (κ2) is 6.61. The average Bonchev–Trinajstić information content (AvgIpc) is 3.34. The van der Waals surface area contributed by atoms with Crippen molar-refractivity contribution < 1.29 is 14.3 Å². The van der Waals surface area contributed by atoms with E-state index < -0.39 is 0 Å². The molecule has 0 atom stereocenters. The fourth-order valence-corrected chi connectivity index (χ4v) is 4.01. The lowest BCUT2D eigenvalue weighted by molar-refractivity contribution is -0.131. The molecular formula is C17H20N4O3S. The van der Waals surface area contributed by atoms with E-state index in [4.69, 9.17) is 4.74 Å². The zero-order valence-electron chi connectivity index (χ0n) is 14.1. The summed E-state index contributed by atoms with van der Waals surface area (Å²) in [6.07, 6.45) is 0.400. The normalized spacial score (nSPS) is 17.0. The summed E-state index contributed by atoms with van der Waals surface area (Å²) in [5.74, 6) is 0.0201. The molecule has 0 radical (unpaired) electrons. The predicted molar refractivity (Wildman–Crippen MR) is 92.2 cm³/mol. The second-order valence-corrected chi connectivity index (χ2v) is 7.14. The first-order chi connectivity index (χ1) is 12.1. The number of nitrogens with zero attached hydrogens (tertiary/aromatic N) is 4. The topological polar surface area (TPSA) is 67.7 Å². The Bertz CT molecular complexity index is 793. The van der Waals surface area contributed by atoms with Crippen molar-refractivity contribution in [3.63, 3.8) is 0 Å². The molecule has 25 heavy (non-hydrogen) atoms. The first kappa shape index (κ1) is 16.3. The van der Waals surface area contributed by atoms with E-state index in [2.05, 4.69) is 5.10 Å². The minimum absolute atomic E-state index is 0.0627. The number of morpholine rings is 1. The van der Waals surface area contributed by atoms with E-state index in [1.165, 1.54) is 0 Å². The number of hydrogen-bond acceptors (Lipinski definition) is 5. The highest BCUT2D eigenvalue weighted by Crippen LogP contribution is 2.27. The molecule has 0 aliphatic carbocycles. The van der Waals surface area contributed by atoms with E-state index >= 15 is 0 Å². The molecule has 2 amide bonds. The molecule has 4 rings (SSSR count). The number of ether oxygens (including phenoxy) is 1. The SMILES string of the molecule is Cn1nc(C(=O)N2CCOCC2)c2c1CN(C(=O)Cc1ccsc1)C2. The van der Waals surface area contributed by atoms with Gasteiger partial charge in [-0.1, -0.05) is 0 Å². The van der Waals surface area contributed by atoms with E-state index in [-0.39, 0.29) is 11.8 Å². The Morgan fingerprint density at radius 3 is 2.76 bits per heavy atom. The highest BCUT2D eigenvalue weighted by Gasteiger charge is 2.33. The number of thiophene rings is 1. The van der Waals surface area contributed by atoms with Crippen molar-refractivity contribution in [1.82, 2.24) is 19.6 Å². The molecule has 0 bridgehead atoms. The third-order valence-electron chi connectivity index (χ3n) is 4.75. The van der Waals surface area contributed by atoms with Crippen LogP contribution in [0.5, 0.6) is 0 Å². The summed E-state index contributed by atoms with van der Waals surface area (Å²) in [6, 6.07) is 1.97. The second-order valence-electron chi connectivity index (χ2n) is 6.36. The van der Waals surface area contributed by atoms with Crippen molar-refractivity contribution >= 4 is 23.2 Å². The van der Waals surface area contributed by atoms with Gasteiger partial charge in [-0.15, -0.1) is 0 Å². The first-order valence-electron chi connectivity index (χ1n) is 8.34. The highest BCUT2D eigenvalue weighted by atomic mass is 32.1. The minimum Gasteiger partial charge on any atom is -0.378 e. The Hall–Kier alpha value is -2.19. The van der Waals surface area contributed by atoms with E-state index in [0.29, 0.717) is 51.5 Å². The maximum atomic E-state index is 12.8. The number of carbonyl (C=O) groups is 2. The van der Waals surface area contributed by atoms with E-state index in [1.54, 1.807) is 25.8 Å². The molecular weight excluding hydrogens is 340 g/mol. The van der Waals surface area contributed by atoms with E-state index in [1.807, 2.05) is 23.9 Å². The van der Waals surface area contributed by atoms with Crippen LogP contribution < -0.4 is 0 Å². The van der Waals surface area contributed by atoms with Gasteiger partial charge in [-0.3, -0.25) is 14.3 Å². The number of carbonyl (C=O) groups excluding carboxylic acids is 2. The van der Waals surface area contributed by atoms with Crippen molar-refractivity contribution in [2.24, 2.45) is 7.05 Å². The summed E-state index contributed by atoms with van der Waals surface area (Å²) >= 11 is 1.59. The van der Waals surface area contributed by atoms with Gasteiger partial charge in [0.15, 0.2) is 5.69 Å². The Morgan fingerprint density at radius 2 is 2.04 bits per heavy atom. The number of hydrogen-bond donors (Lipinski definition) is 0. The van der Waals surface area contributed by atoms with Crippen LogP contribution in [0.4, 0.5) is 0 Å². The summed E-state index contributed by atoms with van der Waals surface area (Å²) in [6.45, 7) is 3.27. The summed E-state index contributed by atoms with van der Waals surface area (Å²) in [7, 11) is 1.84. The quantitative estimate of drug-likeness (QED) is 0.820. The third-order valence-corrected chi connectivity index (χ3v) is 5.49. The molecule has 0 N–H and O–H groups in total. The van der Waals surface area contributed by atoms with Gasteiger partial charge in [0.05, 0.1) is 38.4 Å². The number of aryl methyl sites for hydroxylation is 1. The maximum absolute atomic E-state index is 12.8. The van der Waals surface area contributed by atoms with Crippen LogP contribution in [-0.4, -0.2) is 57.7 Å². The molecule has 0 saturated carbocycles. The van der Waals surface area contributed by atoms with Gasteiger partial charge >= 0.3 is 0 Å². The van der Waals surface area contributed by atoms with Crippen LogP contribution in [0.15, 0.2) is 16.8 Å². The highest BCUT2D eigenvalue weighted by molar-refractivity contribution is 7.08. The van der Waals surface area contributed by atoms with Gasteiger partial charge in [-0.05, 0) is 22.4 Å². The van der Waals surface area contributed by atoms with Crippen molar-refractivity contribution in [3.8, 4) is 0 Å². The number of fused-ring (bicyclic) bond motifs is 1. The predicted octanol–water partition coefficient (Wildman–Crippen LogP) is 1.04. The molecule has 132 valence electrons. The van der Waals surface area contributed by atoms with Crippen LogP contribution in [-0.2, 0) is 36.1 Å². The van der Waals surface area contributed by atoms with Crippen LogP contribution in [0.3, 0.4) is 0 Å². The van der Waals surface area contributed by atoms with Gasteiger partial charge in [0.25, 0.3) is 5.91 Å². The molecule has 1 fully saturated rings. The van der Waals surface area contributed by atoms with E-state index in [9.17, 15) is 9.59 Å². The zero-order chi connectivity index (χ0) is 17.4. The molecule has 1 saturated heterocycles. The molecule has 2 aliphatic heterocycles. The van der Waals surface area contributed by atoms with Gasteiger partial charge in [0.2, 0.25) is 5.91 Å². The Labute approximate surface area is 149 Å². The van der Waals surface area contributed by atoms with E-state index in [0.717, 1.165) is 16.8 Å². The van der Waals surface area contributed by atoms with Crippen molar-refractivity contribution in [1.29, 1.82) is 0 Å². The largest absolute Gasteiger partial charge is 0.378 e. The van der Waals surface area contributed by atoms with Crippen molar-refractivity contribution in [3.05, 3.63) is 39.3 Å². The molecule has 2 aromatic rings. The lowest BCUT2D eigenvalue weighted by Gasteiger charge is -2.26. The lowest BCUT2D eigenvalue weighted by atomic mass is 10.2. The molecule has 2 aromatic heterocycles. The van der Waals surface area contributed by atoms with Crippen molar-refractivity contribution in [2.45, 2.75) is 19.5 Å². The van der Waals surface area contributed by atoms with Gasteiger partial charge in [-0.25, -0.2) is 0 Å². The van der Waals surface area contributed by atoms with Crippen LogP contribution in [0, 0.1) is 0 Å². The summed E-state index contributed by atoms with van der Waals surface area (Å²) in [4.78, 5) is 28.9. The van der Waals surface area contributed by atoms with Gasteiger partial charge in [-0.2, -0.15) is 16.4 Å². The molecule has 0 aromatic carbocycles. The summed E-state index contributed by atoms with van der Waals surface area (Å²) in [5, 5.41) is 8.40. The standard InChI is InChI=1S/C17H20N4O3S/c1-19-14-10-21(15(22)8-12-2-7-25-11-12)9-13(14)16(18-19)17(23)20-3-5-24-6-4-20/h2,7,11H,3-6,8-10H2,1H3. The summed E-state index contributed by atoms with van der Waals surface area (Å²) < 4.78 is 7.05. The smallest absolute Gasteiger partial charge is 0.274 e. The fourth-order valence-electron chi connectivity index (χ4n) is 3.34. The molecule has 4 heterocycles. The molecule has 7 nitrogen and oxygen atoms in total. The number of aromatic nitrogens is 2.